The van der Waals surface area contributed by atoms with E-state index >= 15 is 0 Å². The summed E-state index contributed by atoms with van der Waals surface area (Å²) in [5.74, 6) is 1.49. The number of benzene rings is 2. The SMILES string of the molecule is CN=CC(=CN)c1cnc2ccc(N(CCCN3C[C@@H](C)N[C@@H](C)C3)c3cc(OC)cc(OC)c3)cc2n1. The van der Waals surface area contributed by atoms with Gasteiger partial charge < -0.3 is 30.3 Å². The summed E-state index contributed by atoms with van der Waals surface area (Å²) in [6.07, 6.45) is 5.91. The van der Waals surface area contributed by atoms with Gasteiger partial charge in [-0.05, 0) is 45.0 Å². The van der Waals surface area contributed by atoms with Crippen molar-refractivity contribution in [3.8, 4) is 11.5 Å². The molecule has 1 aliphatic rings. The molecule has 0 amide bonds. The first-order valence-electron chi connectivity index (χ1n) is 13.0. The highest BCUT2D eigenvalue weighted by Gasteiger charge is 2.21. The Morgan fingerprint density at radius 1 is 1.08 bits per heavy atom. The lowest BCUT2D eigenvalue weighted by Gasteiger charge is -2.36. The lowest BCUT2D eigenvalue weighted by atomic mass is 10.1. The third-order valence-electron chi connectivity index (χ3n) is 6.72. The summed E-state index contributed by atoms with van der Waals surface area (Å²) in [5, 5.41) is 3.61. The average Bonchev–Trinajstić information content (AvgIpc) is 2.92. The normalized spacial score (nSPS) is 18.7. The fraction of sp³-hybridized carbons (Fsp3) is 0.414. The molecule has 1 aromatic heterocycles. The third-order valence-corrected chi connectivity index (χ3v) is 6.72. The summed E-state index contributed by atoms with van der Waals surface area (Å²) in [6, 6.07) is 13.1. The summed E-state index contributed by atoms with van der Waals surface area (Å²) < 4.78 is 11.2. The number of aliphatic imine (C=N–C) groups is 1. The Hall–Kier alpha value is -3.69. The van der Waals surface area contributed by atoms with Crippen molar-refractivity contribution >= 4 is 34.2 Å². The second-order valence-electron chi connectivity index (χ2n) is 9.74. The second-order valence-corrected chi connectivity index (χ2v) is 9.74. The molecule has 38 heavy (non-hydrogen) atoms. The molecule has 1 saturated heterocycles. The molecule has 3 N–H and O–H groups in total. The van der Waals surface area contributed by atoms with Crippen molar-refractivity contribution in [3.05, 3.63) is 54.5 Å². The zero-order chi connectivity index (χ0) is 27.1. The van der Waals surface area contributed by atoms with Gasteiger partial charge in [0, 0.05) is 86.3 Å². The maximum Gasteiger partial charge on any atom is 0.124 e. The van der Waals surface area contributed by atoms with Crippen LogP contribution in [0.5, 0.6) is 11.5 Å². The molecule has 0 spiro atoms. The molecular formula is C29H39N7O2. The van der Waals surface area contributed by atoms with Crippen LogP contribution >= 0.6 is 0 Å². The molecule has 202 valence electrons. The largest absolute Gasteiger partial charge is 0.497 e. The van der Waals surface area contributed by atoms with E-state index in [1.807, 2.05) is 24.3 Å². The molecule has 0 saturated carbocycles. The number of allylic oxidation sites excluding steroid dienone is 1. The monoisotopic (exact) mass is 517 g/mol. The molecule has 4 rings (SSSR count). The van der Waals surface area contributed by atoms with Gasteiger partial charge in [0.05, 0.1) is 37.1 Å². The predicted octanol–water partition coefficient (Wildman–Crippen LogP) is 3.86. The van der Waals surface area contributed by atoms with E-state index in [0.29, 0.717) is 17.8 Å². The average molecular weight is 518 g/mol. The van der Waals surface area contributed by atoms with Crippen LogP contribution in [0.2, 0.25) is 0 Å². The van der Waals surface area contributed by atoms with E-state index in [-0.39, 0.29) is 0 Å². The molecule has 1 aliphatic heterocycles. The lowest BCUT2D eigenvalue weighted by Crippen LogP contribution is -2.54. The molecule has 0 unspecified atom stereocenters. The van der Waals surface area contributed by atoms with Crippen LogP contribution in [0, 0.1) is 0 Å². The van der Waals surface area contributed by atoms with E-state index in [0.717, 1.165) is 72.1 Å². The van der Waals surface area contributed by atoms with Crippen molar-refractivity contribution in [2.75, 3.05) is 52.3 Å². The molecule has 2 aromatic carbocycles. The van der Waals surface area contributed by atoms with Crippen LogP contribution in [0.3, 0.4) is 0 Å². The van der Waals surface area contributed by atoms with Crippen LogP contribution in [0.15, 0.2) is 53.8 Å². The summed E-state index contributed by atoms with van der Waals surface area (Å²) >= 11 is 0. The number of anilines is 2. The quantitative estimate of drug-likeness (QED) is 0.391. The molecule has 2 heterocycles. The van der Waals surface area contributed by atoms with Gasteiger partial charge in [0.1, 0.15) is 11.5 Å². The molecule has 0 bridgehead atoms. The van der Waals surface area contributed by atoms with Gasteiger partial charge in [-0.15, -0.1) is 0 Å². The number of aromatic nitrogens is 2. The van der Waals surface area contributed by atoms with Gasteiger partial charge in [0.15, 0.2) is 0 Å². The molecule has 1 fully saturated rings. The van der Waals surface area contributed by atoms with E-state index in [1.54, 1.807) is 33.7 Å². The number of hydrogen-bond acceptors (Lipinski definition) is 9. The molecule has 3 aromatic rings. The van der Waals surface area contributed by atoms with Crippen LogP contribution in [-0.4, -0.2) is 80.6 Å². The Kier molecular flexibility index (Phi) is 9.15. The number of nitrogens with zero attached hydrogens (tertiary/aromatic N) is 5. The van der Waals surface area contributed by atoms with Gasteiger partial charge in [0.25, 0.3) is 0 Å². The van der Waals surface area contributed by atoms with Crippen LogP contribution in [0.25, 0.3) is 16.6 Å². The number of rotatable bonds is 10. The van der Waals surface area contributed by atoms with Crippen molar-refractivity contribution in [3.63, 3.8) is 0 Å². The van der Waals surface area contributed by atoms with Gasteiger partial charge in [0.2, 0.25) is 0 Å². The standard InChI is InChI=1S/C29H39N7O2/c1-20-18-35(19-21(2)33-20)9-6-10-36(24-11-25(37-4)14-26(12-24)38-5)23-7-8-27-28(13-23)34-29(17-32-27)22(15-30)16-31-3/h7-8,11-17,20-21,33H,6,9-10,18-19,30H2,1-5H3/t20-,21+. The number of nitrogens with two attached hydrogens (primary N) is 1. The topological polar surface area (TPSA) is 101 Å². The van der Waals surface area contributed by atoms with Crippen molar-refractivity contribution in [1.29, 1.82) is 0 Å². The minimum atomic E-state index is 0.496. The van der Waals surface area contributed by atoms with E-state index in [9.17, 15) is 0 Å². The molecule has 2 atom stereocenters. The van der Waals surface area contributed by atoms with Crippen molar-refractivity contribution < 1.29 is 9.47 Å². The smallest absolute Gasteiger partial charge is 0.124 e. The zero-order valence-electron chi connectivity index (χ0n) is 23.0. The van der Waals surface area contributed by atoms with Crippen LogP contribution in [0.4, 0.5) is 11.4 Å². The molecule has 9 heteroatoms. The molecule has 0 radical (unpaired) electrons. The highest BCUT2D eigenvalue weighted by molar-refractivity contribution is 6.09. The van der Waals surface area contributed by atoms with E-state index in [2.05, 4.69) is 51.1 Å². The summed E-state index contributed by atoms with van der Waals surface area (Å²) in [4.78, 5) is 18.4. The molecule has 0 aliphatic carbocycles. The minimum Gasteiger partial charge on any atom is -0.497 e. The minimum absolute atomic E-state index is 0.496. The van der Waals surface area contributed by atoms with Crippen LogP contribution in [-0.2, 0) is 0 Å². The summed E-state index contributed by atoms with van der Waals surface area (Å²) in [7, 11) is 5.05. The number of hydrogen-bond donors (Lipinski definition) is 2. The fourth-order valence-corrected chi connectivity index (χ4v) is 5.07. The second kappa shape index (κ2) is 12.7. The first-order valence-corrected chi connectivity index (χ1v) is 13.0. The van der Waals surface area contributed by atoms with Gasteiger partial charge in [-0.2, -0.15) is 0 Å². The summed E-state index contributed by atoms with van der Waals surface area (Å²) in [6.45, 7) is 8.46. The molecular weight excluding hydrogens is 478 g/mol. The van der Waals surface area contributed by atoms with E-state index in [4.69, 9.17) is 20.2 Å². The van der Waals surface area contributed by atoms with Crippen molar-refractivity contribution in [2.24, 2.45) is 10.7 Å². The number of methoxy groups -OCH3 is 2. The maximum atomic E-state index is 5.82. The van der Waals surface area contributed by atoms with Crippen molar-refractivity contribution in [1.82, 2.24) is 20.2 Å². The van der Waals surface area contributed by atoms with Gasteiger partial charge in [-0.1, -0.05) is 0 Å². The lowest BCUT2D eigenvalue weighted by molar-refractivity contribution is 0.173. The Balaban J connectivity index is 1.68. The Morgan fingerprint density at radius 2 is 1.79 bits per heavy atom. The van der Waals surface area contributed by atoms with Crippen molar-refractivity contribution in [2.45, 2.75) is 32.4 Å². The number of nitrogens with one attached hydrogen (secondary N) is 1. The van der Waals surface area contributed by atoms with E-state index in [1.165, 1.54) is 6.20 Å². The van der Waals surface area contributed by atoms with Gasteiger partial charge in [-0.3, -0.25) is 9.98 Å². The first kappa shape index (κ1) is 27.3. The zero-order valence-corrected chi connectivity index (χ0v) is 23.0. The Labute approximate surface area is 225 Å². The van der Waals surface area contributed by atoms with E-state index < -0.39 is 0 Å². The number of fused-ring (bicyclic) bond motifs is 1. The first-order chi connectivity index (χ1) is 18.4. The Morgan fingerprint density at radius 3 is 2.42 bits per heavy atom. The van der Waals surface area contributed by atoms with Crippen LogP contribution < -0.4 is 25.4 Å². The Bertz CT molecular complexity index is 1260. The van der Waals surface area contributed by atoms with Gasteiger partial charge in [-0.25, -0.2) is 4.98 Å². The summed E-state index contributed by atoms with van der Waals surface area (Å²) in [5.41, 5.74) is 10.8. The fourth-order valence-electron chi connectivity index (χ4n) is 5.07. The number of piperazine rings is 1. The highest BCUT2D eigenvalue weighted by atomic mass is 16.5. The van der Waals surface area contributed by atoms with Gasteiger partial charge >= 0.3 is 0 Å². The third kappa shape index (κ3) is 6.59. The molecule has 9 nitrogen and oxygen atoms in total. The predicted molar refractivity (Wildman–Crippen MR) is 156 cm³/mol. The maximum absolute atomic E-state index is 5.82. The number of ether oxygens (including phenoxy) is 2. The highest BCUT2D eigenvalue weighted by Crippen LogP contribution is 2.34. The van der Waals surface area contributed by atoms with Crippen LogP contribution in [0.1, 0.15) is 26.0 Å².